The molecule has 13 heteroatoms. The van der Waals surface area contributed by atoms with Crippen molar-refractivity contribution >= 4 is 44.8 Å². The third kappa shape index (κ3) is 5.40. The minimum atomic E-state index is -3.37. The van der Waals surface area contributed by atoms with Gasteiger partial charge in [-0.1, -0.05) is 11.6 Å². The van der Waals surface area contributed by atoms with Crippen molar-refractivity contribution < 1.29 is 13.3 Å². The van der Waals surface area contributed by atoms with Gasteiger partial charge in [-0.25, -0.2) is 18.1 Å². The summed E-state index contributed by atoms with van der Waals surface area (Å²) in [5.74, 6) is -0.0705. The number of nitro groups is 1. The standard InChI is InChI=1S/C13H14ClN7O4S/c1-15-12-11(21(22)23)7-16-13(18-12)20-19-9-3-4-10(14)8(5-9)6-17-26(2,24)25/h3-5,7,17H,6H2,1-2H3,(H,15,16,18)/b20-19+. The smallest absolute Gasteiger partial charge is 0.329 e. The van der Waals surface area contributed by atoms with Gasteiger partial charge in [0.05, 0.1) is 16.9 Å². The third-order valence-corrected chi connectivity index (χ3v) is 4.04. The van der Waals surface area contributed by atoms with Gasteiger partial charge in [-0.2, -0.15) is 4.98 Å². The molecule has 138 valence electrons. The van der Waals surface area contributed by atoms with Crippen molar-refractivity contribution in [1.82, 2.24) is 14.7 Å². The van der Waals surface area contributed by atoms with Crippen LogP contribution in [0, 0.1) is 10.1 Å². The number of azo groups is 1. The second-order valence-electron chi connectivity index (χ2n) is 4.98. The fourth-order valence-corrected chi connectivity index (χ4v) is 2.40. The van der Waals surface area contributed by atoms with E-state index < -0.39 is 14.9 Å². The van der Waals surface area contributed by atoms with Crippen molar-refractivity contribution in [3.63, 3.8) is 0 Å². The molecule has 0 saturated heterocycles. The van der Waals surface area contributed by atoms with Crippen molar-refractivity contribution in [3.05, 3.63) is 45.1 Å². The SMILES string of the molecule is CNc1nc(/N=N/c2ccc(Cl)c(CNS(C)(=O)=O)c2)ncc1[N+](=O)[O-]. The normalized spacial score (nSPS) is 11.7. The summed E-state index contributed by atoms with van der Waals surface area (Å²) in [4.78, 5) is 17.9. The van der Waals surface area contributed by atoms with Crippen LogP contribution in [0.15, 0.2) is 34.6 Å². The van der Waals surface area contributed by atoms with Crippen LogP contribution in [0.2, 0.25) is 5.02 Å². The van der Waals surface area contributed by atoms with E-state index in [1.54, 1.807) is 18.2 Å². The monoisotopic (exact) mass is 399 g/mol. The van der Waals surface area contributed by atoms with Crippen LogP contribution in [-0.4, -0.2) is 36.6 Å². The number of nitrogens with zero attached hydrogens (tertiary/aromatic N) is 5. The van der Waals surface area contributed by atoms with Gasteiger partial charge in [-0.3, -0.25) is 10.1 Å². The molecule has 0 aliphatic carbocycles. The highest BCUT2D eigenvalue weighted by Crippen LogP contribution is 2.25. The molecule has 0 radical (unpaired) electrons. The number of benzene rings is 1. The minimum Gasteiger partial charge on any atom is -0.367 e. The zero-order chi connectivity index (χ0) is 19.3. The first-order chi connectivity index (χ1) is 12.2. The molecular formula is C13H14ClN7O4S. The van der Waals surface area contributed by atoms with E-state index in [9.17, 15) is 18.5 Å². The van der Waals surface area contributed by atoms with Crippen LogP contribution in [0.4, 0.5) is 23.1 Å². The highest BCUT2D eigenvalue weighted by molar-refractivity contribution is 7.88. The van der Waals surface area contributed by atoms with Gasteiger partial charge >= 0.3 is 5.69 Å². The van der Waals surface area contributed by atoms with Gasteiger partial charge in [0.25, 0.3) is 5.95 Å². The lowest BCUT2D eigenvalue weighted by Gasteiger charge is -2.05. The largest absolute Gasteiger partial charge is 0.367 e. The van der Waals surface area contributed by atoms with Gasteiger partial charge in [0.1, 0.15) is 6.20 Å². The zero-order valence-corrected chi connectivity index (χ0v) is 15.2. The molecular weight excluding hydrogens is 386 g/mol. The van der Waals surface area contributed by atoms with Gasteiger partial charge in [-0.15, -0.1) is 10.2 Å². The maximum absolute atomic E-state index is 11.2. The Balaban J connectivity index is 2.24. The van der Waals surface area contributed by atoms with E-state index in [0.717, 1.165) is 12.5 Å². The molecule has 11 nitrogen and oxygen atoms in total. The van der Waals surface area contributed by atoms with E-state index in [4.69, 9.17) is 11.6 Å². The van der Waals surface area contributed by atoms with E-state index in [1.807, 2.05) is 0 Å². The second kappa shape index (κ2) is 8.12. The van der Waals surface area contributed by atoms with Crippen LogP contribution in [0.1, 0.15) is 5.56 Å². The van der Waals surface area contributed by atoms with Crippen molar-refractivity contribution in [2.45, 2.75) is 6.54 Å². The number of halogens is 1. The second-order valence-corrected chi connectivity index (χ2v) is 7.22. The number of hydrogen-bond acceptors (Lipinski definition) is 9. The van der Waals surface area contributed by atoms with E-state index >= 15 is 0 Å². The summed E-state index contributed by atoms with van der Waals surface area (Å²) >= 11 is 6.02. The maximum atomic E-state index is 11.2. The Hall–Kier alpha value is -2.70. The fourth-order valence-electron chi connectivity index (χ4n) is 1.80. The Labute approximate surface area is 153 Å². The first kappa shape index (κ1) is 19.6. The Morgan fingerprint density at radius 3 is 2.69 bits per heavy atom. The predicted octanol–water partition coefficient (Wildman–Crippen LogP) is 2.54. The first-order valence-corrected chi connectivity index (χ1v) is 9.30. The quantitative estimate of drug-likeness (QED) is 0.412. The molecule has 0 spiro atoms. The fraction of sp³-hybridized carbons (Fsp3) is 0.231. The maximum Gasteiger partial charge on any atom is 0.329 e. The van der Waals surface area contributed by atoms with Crippen molar-refractivity contribution in [1.29, 1.82) is 0 Å². The molecule has 1 aromatic heterocycles. The summed E-state index contributed by atoms with van der Waals surface area (Å²) in [6.07, 6.45) is 2.06. The van der Waals surface area contributed by atoms with Gasteiger partial charge < -0.3 is 5.32 Å². The van der Waals surface area contributed by atoms with Gasteiger partial charge in [0, 0.05) is 18.6 Å². The van der Waals surface area contributed by atoms with E-state index in [0.29, 0.717) is 16.3 Å². The summed E-state index contributed by atoms with van der Waals surface area (Å²) in [7, 11) is -1.89. The Kier molecular flexibility index (Phi) is 6.13. The summed E-state index contributed by atoms with van der Waals surface area (Å²) < 4.78 is 24.7. The molecule has 1 aromatic carbocycles. The summed E-state index contributed by atoms with van der Waals surface area (Å²) in [5, 5.41) is 21.6. The lowest BCUT2D eigenvalue weighted by atomic mass is 10.2. The molecule has 0 aliphatic rings. The predicted molar refractivity (Wildman–Crippen MR) is 95.5 cm³/mol. The van der Waals surface area contributed by atoms with Gasteiger partial charge in [-0.05, 0) is 23.8 Å². The average Bonchev–Trinajstić information content (AvgIpc) is 2.58. The molecule has 0 fully saturated rings. The van der Waals surface area contributed by atoms with Crippen LogP contribution < -0.4 is 10.0 Å². The van der Waals surface area contributed by atoms with Crippen LogP contribution in [0.3, 0.4) is 0 Å². The molecule has 1 heterocycles. The average molecular weight is 400 g/mol. The topological polar surface area (TPSA) is 152 Å². The Bertz CT molecular complexity index is 965. The molecule has 0 unspecified atom stereocenters. The molecule has 2 N–H and O–H groups in total. The van der Waals surface area contributed by atoms with E-state index in [1.165, 1.54) is 7.05 Å². The van der Waals surface area contributed by atoms with Crippen molar-refractivity contribution in [2.75, 3.05) is 18.6 Å². The third-order valence-electron chi connectivity index (χ3n) is 3.00. The lowest BCUT2D eigenvalue weighted by Crippen LogP contribution is -2.21. The highest BCUT2D eigenvalue weighted by atomic mass is 35.5. The Morgan fingerprint density at radius 1 is 1.35 bits per heavy atom. The van der Waals surface area contributed by atoms with E-state index in [2.05, 4.69) is 30.2 Å². The number of hydrogen-bond donors (Lipinski definition) is 2. The van der Waals surface area contributed by atoms with E-state index in [-0.39, 0.29) is 24.0 Å². The zero-order valence-electron chi connectivity index (χ0n) is 13.7. The first-order valence-electron chi connectivity index (χ1n) is 7.03. The van der Waals surface area contributed by atoms with Crippen LogP contribution in [0.5, 0.6) is 0 Å². The molecule has 2 aromatic rings. The molecule has 0 bridgehead atoms. The number of anilines is 1. The number of sulfonamides is 1. The van der Waals surface area contributed by atoms with Crippen LogP contribution >= 0.6 is 11.6 Å². The molecule has 0 amide bonds. The summed E-state index contributed by atoms with van der Waals surface area (Å²) in [5.41, 5.74) is 0.605. The number of aromatic nitrogens is 2. The van der Waals surface area contributed by atoms with Gasteiger partial charge in [0.15, 0.2) is 0 Å². The number of rotatable bonds is 7. The minimum absolute atomic E-state index is 0.00103. The van der Waals surface area contributed by atoms with Crippen molar-refractivity contribution in [2.24, 2.45) is 10.2 Å². The summed E-state index contributed by atoms with van der Waals surface area (Å²) in [6, 6.07) is 4.67. The Morgan fingerprint density at radius 2 is 2.08 bits per heavy atom. The molecule has 0 atom stereocenters. The van der Waals surface area contributed by atoms with Gasteiger partial charge in [0.2, 0.25) is 15.8 Å². The molecule has 0 aliphatic heterocycles. The lowest BCUT2D eigenvalue weighted by molar-refractivity contribution is -0.384. The van der Waals surface area contributed by atoms with Crippen molar-refractivity contribution in [3.8, 4) is 0 Å². The molecule has 26 heavy (non-hydrogen) atoms. The highest BCUT2D eigenvalue weighted by Gasteiger charge is 2.15. The molecule has 0 saturated carbocycles. The summed E-state index contributed by atoms with van der Waals surface area (Å²) in [6.45, 7) is -0.00103. The molecule has 2 rings (SSSR count). The number of nitrogens with one attached hydrogen (secondary N) is 2. The van der Waals surface area contributed by atoms with Crippen LogP contribution in [-0.2, 0) is 16.6 Å². The van der Waals surface area contributed by atoms with Crippen LogP contribution in [0.25, 0.3) is 0 Å².